The fraction of sp³-hybridized carbons (Fsp3) is 0.318. The third kappa shape index (κ3) is 5.69. The van der Waals surface area contributed by atoms with Crippen LogP contribution < -0.4 is 10.9 Å². The van der Waals surface area contributed by atoms with Crippen molar-refractivity contribution < 1.29 is 9.72 Å². The number of fused-ring (bicyclic) bond motifs is 1. The topological polar surface area (TPSA) is 107 Å². The number of hydrogen-bond donors (Lipinski definition) is 1. The molecule has 3 rings (SSSR count). The maximum Gasteiger partial charge on any atom is 0.292 e. The summed E-state index contributed by atoms with van der Waals surface area (Å²) in [5.74, 6) is -0.426. The van der Waals surface area contributed by atoms with Crippen LogP contribution in [0.5, 0.6) is 0 Å². The lowest BCUT2D eigenvalue weighted by molar-refractivity contribution is -0.383. The van der Waals surface area contributed by atoms with Gasteiger partial charge in [-0.3, -0.25) is 24.3 Å². The van der Waals surface area contributed by atoms with Gasteiger partial charge in [0.15, 0.2) is 5.16 Å². The van der Waals surface area contributed by atoms with E-state index in [2.05, 4.69) is 17.2 Å². The molecule has 0 aliphatic heterocycles. The molecule has 1 heterocycles. The van der Waals surface area contributed by atoms with Gasteiger partial charge >= 0.3 is 0 Å². The molecule has 0 fully saturated rings. The molecule has 0 unspecified atom stereocenters. The van der Waals surface area contributed by atoms with Crippen molar-refractivity contribution in [2.24, 2.45) is 0 Å². The third-order valence-electron chi connectivity index (χ3n) is 4.77. The average Bonchev–Trinajstić information content (AvgIpc) is 2.77. The Morgan fingerprint density at radius 3 is 2.65 bits per heavy atom. The highest BCUT2D eigenvalue weighted by Gasteiger charge is 2.17. The van der Waals surface area contributed by atoms with Gasteiger partial charge < -0.3 is 5.32 Å². The smallest absolute Gasteiger partial charge is 0.292 e. The number of carbonyl (C=O) groups is 1. The second-order valence-corrected chi connectivity index (χ2v) is 7.98. The summed E-state index contributed by atoms with van der Waals surface area (Å²) >= 11 is 1.15. The number of benzene rings is 2. The minimum atomic E-state index is -0.540. The van der Waals surface area contributed by atoms with Crippen molar-refractivity contribution in [3.05, 3.63) is 69.0 Å². The molecule has 0 aliphatic rings. The predicted molar refractivity (Wildman–Crippen MR) is 123 cm³/mol. The number of anilines is 1. The van der Waals surface area contributed by atoms with E-state index in [1.165, 1.54) is 12.1 Å². The monoisotopic (exact) mass is 440 g/mol. The number of nitro benzene ring substituents is 1. The Hall–Kier alpha value is -3.20. The summed E-state index contributed by atoms with van der Waals surface area (Å²) in [5.41, 5.74) is 0.432. The van der Waals surface area contributed by atoms with Gasteiger partial charge in [-0.15, -0.1) is 0 Å². The average molecular weight is 441 g/mol. The number of nitrogens with zero attached hydrogens (tertiary/aromatic N) is 3. The first kappa shape index (κ1) is 22.5. The molecule has 0 saturated heterocycles. The van der Waals surface area contributed by atoms with E-state index in [-0.39, 0.29) is 22.7 Å². The van der Waals surface area contributed by atoms with Crippen LogP contribution >= 0.6 is 11.8 Å². The predicted octanol–water partition coefficient (Wildman–Crippen LogP) is 4.62. The summed E-state index contributed by atoms with van der Waals surface area (Å²) in [7, 11) is 0. The van der Waals surface area contributed by atoms with Crippen molar-refractivity contribution in [1.29, 1.82) is 0 Å². The van der Waals surface area contributed by atoms with Crippen LogP contribution in [0.25, 0.3) is 10.9 Å². The fourth-order valence-electron chi connectivity index (χ4n) is 3.21. The van der Waals surface area contributed by atoms with Crippen molar-refractivity contribution >= 4 is 39.9 Å². The van der Waals surface area contributed by atoms with Gasteiger partial charge in [-0.1, -0.05) is 62.2 Å². The Bertz CT molecular complexity index is 1150. The van der Waals surface area contributed by atoms with E-state index in [4.69, 9.17) is 0 Å². The van der Waals surface area contributed by atoms with E-state index in [1.54, 1.807) is 34.9 Å². The lowest BCUT2D eigenvalue weighted by Crippen LogP contribution is -2.24. The van der Waals surface area contributed by atoms with E-state index in [0.717, 1.165) is 37.4 Å². The molecule has 2 aromatic carbocycles. The number of carbonyl (C=O) groups excluding carboxylic acids is 1. The molecular formula is C22H24N4O4S. The Morgan fingerprint density at radius 2 is 1.87 bits per heavy atom. The number of nitrogens with one attached hydrogen (secondary N) is 1. The van der Waals surface area contributed by atoms with Gasteiger partial charge in [0.05, 0.1) is 21.6 Å². The van der Waals surface area contributed by atoms with Gasteiger partial charge in [0.2, 0.25) is 5.91 Å². The number of rotatable bonds is 10. The molecule has 0 spiro atoms. The molecule has 0 bridgehead atoms. The number of thioether (sulfide) groups is 1. The van der Waals surface area contributed by atoms with Crippen molar-refractivity contribution in [1.82, 2.24) is 9.55 Å². The van der Waals surface area contributed by atoms with E-state index in [9.17, 15) is 19.7 Å². The molecule has 0 saturated carbocycles. The highest BCUT2D eigenvalue weighted by Crippen LogP contribution is 2.24. The minimum Gasteiger partial charge on any atom is -0.320 e. The Morgan fingerprint density at radius 1 is 1.13 bits per heavy atom. The van der Waals surface area contributed by atoms with Crippen LogP contribution in [0.2, 0.25) is 0 Å². The third-order valence-corrected chi connectivity index (χ3v) is 5.75. The first-order valence-electron chi connectivity index (χ1n) is 10.2. The molecule has 1 aromatic heterocycles. The van der Waals surface area contributed by atoms with Crippen LogP contribution in [0.1, 0.15) is 32.6 Å². The molecule has 8 nitrogen and oxygen atoms in total. The van der Waals surface area contributed by atoms with Crippen LogP contribution in [0, 0.1) is 10.1 Å². The van der Waals surface area contributed by atoms with Gasteiger partial charge in [0.1, 0.15) is 5.69 Å². The number of nitro groups is 1. The number of hydrogen-bond acceptors (Lipinski definition) is 6. The fourth-order valence-corrected chi connectivity index (χ4v) is 4.03. The summed E-state index contributed by atoms with van der Waals surface area (Å²) in [4.78, 5) is 40.6. The molecule has 3 aromatic rings. The summed E-state index contributed by atoms with van der Waals surface area (Å²) in [6.45, 7) is 2.66. The molecular weight excluding hydrogens is 416 g/mol. The minimum absolute atomic E-state index is 0.0220. The zero-order chi connectivity index (χ0) is 22.2. The summed E-state index contributed by atoms with van der Waals surface area (Å²) < 4.78 is 1.63. The first-order chi connectivity index (χ1) is 15.0. The van der Waals surface area contributed by atoms with Crippen LogP contribution in [-0.4, -0.2) is 26.1 Å². The highest BCUT2D eigenvalue weighted by molar-refractivity contribution is 7.99. The molecule has 162 valence electrons. The van der Waals surface area contributed by atoms with Gasteiger partial charge in [-0.25, -0.2) is 4.98 Å². The van der Waals surface area contributed by atoms with Crippen LogP contribution in [0.3, 0.4) is 0 Å². The van der Waals surface area contributed by atoms with Gasteiger partial charge in [0.25, 0.3) is 11.2 Å². The maximum absolute atomic E-state index is 13.0. The molecule has 1 N–H and O–H groups in total. The molecule has 0 aliphatic carbocycles. The number of aromatic nitrogens is 2. The van der Waals surface area contributed by atoms with E-state index in [1.807, 2.05) is 6.07 Å². The van der Waals surface area contributed by atoms with Crippen LogP contribution in [-0.2, 0) is 11.3 Å². The normalized spacial score (nSPS) is 10.9. The van der Waals surface area contributed by atoms with Crippen molar-refractivity contribution in [3.8, 4) is 0 Å². The molecule has 0 radical (unpaired) electrons. The largest absolute Gasteiger partial charge is 0.320 e. The summed E-state index contributed by atoms with van der Waals surface area (Å²) in [5, 5.41) is 14.7. The lowest BCUT2D eigenvalue weighted by Gasteiger charge is -2.13. The Kier molecular flexibility index (Phi) is 7.77. The Labute approximate surface area is 183 Å². The maximum atomic E-state index is 13.0. The molecule has 1 amide bonds. The number of amides is 1. The van der Waals surface area contributed by atoms with Crippen LogP contribution in [0.4, 0.5) is 11.4 Å². The molecule has 31 heavy (non-hydrogen) atoms. The SMILES string of the molecule is CCCCCCn1c(SCC(=O)Nc2ccccc2[N+](=O)[O-])nc2ccccc2c1=O. The van der Waals surface area contributed by atoms with Gasteiger partial charge in [-0.2, -0.15) is 0 Å². The summed E-state index contributed by atoms with van der Waals surface area (Å²) in [6.07, 6.45) is 4.05. The second kappa shape index (κ2) is 10.7. The number of unbranched alkanes of at least 4 members (excludes halogenated alkanes) is 3. The summed E-state index contributed by atoms with van der Waals surface area (Å²) in [6, 6.07) is 13.1. The van der Waals surface area contributed by atoms with Gasteiger partial charge in [0, 0.05) is 12.6 Å². The lowest BCUT2D eigenvalue weighted by atomic mass is 10.2. The highest BCUT2D eigenvalue weighted by atomic mass is 32.2. The zero-order valence-electron chi connectivity index (χ0n) is 17.2. The van der Waals surface area contributed by atoms with Crippen molar-refractivity contribution in [2.75, 3.05) is 11.1 Å². The van der Waals surface area contributed by atoms with E-state index in [0.29, 0.717) is 22.6 Å². The van der Waals surface area contributed by atoms with Gasteiger partial charge in [-0.05, 0) is 24.6 Å². The van der Waals surface area contributed by atoms with Crippen molar-refractivity contribution in [2.45, 2.75) is 44.3 Å². The Balaban J connectivity index is 1.79. The second-order valence-electron chi connectivity index (χ2n) is 7.04. The van der Waals surface area contributed by atoms with Crippen LogP contribution in [0.15, 0.2) is 58.5 Å². The molecule has 0 atom stereocenters. The number of para-hydroxylation sites is 3. The molecule has 9 heteroatoms. The quantitative estimate of drug-likeness (QED) is 0.162. The first-order valence-corrected chi connectivity index (χ1v) is 11.2. The standard InChI is InChI=1S/C22H24N4O4S/c1-2-3-4-9-14-25-21(28)16-10-5-6-11-17(16)24-22(25)31-15-20(27)23-18-12-7-8-13-19(18)26(29)30/h5-8,10-13H,2-4,9,14-15H2,1H3,(H,23,27). The van der Waals surface area contributed by atoms with E-state index >= 15 is 0 Å². The van der Waals surface area contributed by atoms with Crippen molar-refractivity contribution in [3.63, 3.8) is 0 Å². The van der Waals surface area contributed by atoms with E-state index < -0.39 is 10.8 Å². The zero-order valence-corrected chi connectivity index (χ0v) is 18.1.